The van der Waals surface area contributed by atoms with Crippen LogP contribution < -0.4 is 15.4 Å². The number of anilines is 1. The summed E-state index contributed by atoms with van der Waals surface area (Å²) in [6, 6.07) is 12.0. The Balaban J connectivity index is 1.78. The molecule has 0 fully saturated rings. The van der Waals surface area contributed by atoms with Crippen LogP contribution in [-0.2, 0) is 28.4 Å². The smallest absolute Gasteiger partial charge is 0.315 e. The highest BCUT2D eigenvalue weighted by Gasteiger charge is 2.13. The molecule has 158 valence electrons. The van der Waals surface area contributed by atoms with Gasteiger partial charge in [-0.1, -0.05) is 51.1 Å². The fourth-order valence-electron chi connectivity index (χ4n) is 2.68. The Bertz CT molecular complexity index is 952. The number of rotatable bonds is 7. The molecule has 0 radical (unpaired) electrons. The first-order valence-corrected chi connectivity index (χ1v) is 11.2. The molecule has 3 N–H and O–H groups in total. The number of hydrogen-bond donors (Lipinski definition) is 3. The number of halogens is 1. The minimum Gasteiger partial charge on any atom is -0.338 e. The van der Waals surface area contributed by atoms with Gasteiger partial charge in [-0.2, -0.15) is 0 Å². The lowest BCUT2D eigenvalue weighted by Crippen LogP contribution is -2.36. The lowest BCUT2D eigenvalue weighted by atomic mass is 9.87. The Hall–Kier alpha value is -2.61. The minimum absolute atomic E-state index is 0.0852. The standard InChI is InChI=1S/C21H28FN3O3S/c1-21(2,3)17-8-5-16(6-9-17)14-24-20(26)23-12-11-15-7-10-19(18(22)13-15)25-29(4,27)28/h5-10,13,25H,11-12,14H2,1-4H3,(H2,23,24,26). The number of carbonyl (C=O) groups is 1. The first kappa shape index (κ1) is 22.7. The molecule has 2 aromatic rings. The molecule has 29 heavy (non-hydrogen) atoms. The van der Waals surface area contributed by atoms with E-state index in [1.54, 1.807) is 6.07 Å². The highest BCUT2D eigenvalue weighted by Crippen LogP contribution is 2.22. The van der Waals surface area contributed by atoms with Crippen molar-refractivity contribution >= 4 is 21.7 Å². The molecule has 8 heteroatoms. The third-order valence-electron chi connectivity index (χ3n) is 4.30. The van der Waals surface area contributed by atoms with E-state index in [1.165, 1.54) is 17.7 Å². The van der Waals surface area contributed by atoms with Gasteiger partial charge in [0.25, 0.3) is 0 Å². The number of nitrogens with one attached hydrogen (secondary N) is 3. The van der Waals surface area contributed by atoms with Gasteiger partial charge in [-0.3, -0.25) is 4.72 Å². The normalized spacial score (nSPS) is 11.8. The lowest BCUT2D eigenvalue weighted by molar-refractivity contribution is 0.240. The summed E-state index contributed by atoms with van der Waals surface area (Å²) >= 11 is 0. The summed E-state index contributed by atoms with van der Waals surface area (Å²) in [5, 5.41) is 5.51. The molecule has 0 aliphatic rings. The second-order valence-corrected chi connectivity index (χ2v) is 9.74. The molecular formula is C21H28FN3O3S. The summed E-state index contributed by atoms with van der Waals surface area (Å²) in [6.45, 7) is 7.18. The van der Waals surface area contributed by atoms with Gasteiger partial charge in [0.2, 0.25) is 10.0 Å². The predicted molar refractivity (Wildman–Crippen MR) is 114 cm³/mol. The van der Waals surface area contributed by atoms with Gasteiger partial charge in [-0.05, 0) is 40.7 Å². The molecule has 0 spiro atoms. The second kappa shape index (κ2) is 9.26. The largest absolute Gasteiger partial charge is 0.338 e. The summed E-state index contributed by atoms with van der Waals surface area (Å²) in [6.07, 6.45) is 1.38. The molecule has 0 unspecified atom stereocenters. The molecule has 0 atom stereocenters. The molecule has 0 bridgehead atoms. The highest BCUT2D eigenvalue weighted by molar-refractivity contribution is 7.92. The Morgan fingerprint density at radius 3 is 2.17 bits per heavy atom. The van der Waals surface area contributed by atoms with Gasteiger partial charge in [0.1, 0.15) is 5.82 Å². The van der Waals surface area contributed by atoms with Crippen molar-refractivity contribution in [2.75, 3.05) is 17.5 Å². The molecule has 0 saturated heterocycles. The summed E-state index contributed by atoms with van der Waals surface area (Å²) in [7, 11) is -3.54. The molecule has 2 rings (SSSR count). The molecule has 0 saturated carbocycles. The van der Waals surface area contributed by atoms with Crippen LogP contribution in [0.5, 0.6) is 0 Å². The van der Waals surface area contributed by atoms with Crippen LogP contribution in [0.3, 0.4) is 0 Å². The number of urea groups is 1. The molecule has 0 aliphatic heterocycles. The van der Waals surface area contributed by atoms with Crippen LogP contribution in [0.4, 0.5) is 14.9 Å². The molecule has 2 aromatic carbocycles. The van der Waals surface area contributed by atoms with Crippen molar-refractivity contribution in [2.24, 2.45) is 0 Å². The van der Waals surface area contributed by atoms with Crippen molar-refractivity contribution in [3.8, 4) is 0 Å². The minimum atomic E-state index is -3.54. The van der Waals surface area contributed by atoms with Crippen molar-refractivity contribution < 1.29 is 17.6 Å². The van der Waals surface area contributed by atoms with E-state index in [4.69, 9.17) is 0 Å². The summed E-state index contributed by atoms with van der Waals surface area (Å²) in [5.74, 6) is -0.656. The fourth-order valence-corrected chi connectivity index (χ4v) is 3.25. The van der Waals surface area contributed by atoms with Gasteiger partial charge < -0.3 is 10.6 Å². The second-order valence-electron chi connectivity index (χ2n) is 7.99. The number of sulfonamides is 1. The molecular weight excluding hydrogens is 393 g/mol. The third kappa shape index (κ3) is 7.73. The van der Waals surface area contributed by atoms with Crippen LogP contribution in [-0.4, -0.2) is 27.2 Å². The summed E-state index contributed by atoms with van der Waals surface area (Å²) < 4.78 is 38.4. The number of carbonyl (C=O) groups excluding carboxylic acids is 1. The van der Waals surface area contributed by atoms with Gasteiger partial charge in [0.05, 0.1) is 11.9 Å². The SMILES string of the molecule is CC(C)(C)c1ccc(CNC(=O)NCCc2ccc(NS(C)(=O)=O)c(F)c2)cc1. The molecule has 6 nitrogen and oxygen atoms in total. The van der Waals surface area contributed by atoms with Crippen molar-refractivity contribution in [2.45, 2.75) is 39.2 Å². The monoisotopic (exact) mass is 421 g/mol. The average molecular weight is 422 g/mol. The zero-order valence-corrected chi connectivity index (χ0v) is 18.0. The van der Waals surface area contributed by atoms with E-state index in [1.807, 2.05) is 12.1 Å². The number of hydrogen-bond acceptors (Lipinski definition) is 3. The maximum absolute atomic E-state index is 14.0. The third-order valence-corrected chi connectivity index (χ3v) is 4.89. The lowest BCUT2D eigenvalue weighted by Gasteiger charge is -2.19. The van der Waals surface area contributed by atoms with Gasteiger partial charge >= 0.3 is 6.03 Å². The fraction of sp³-hybridized carbons (Fsp3) is 0.381. The summed E-state index contributed by atoms with van der Waals surface area (Å²) in [4.78, 5) is 11.9. The Labute approximate surface area is 172 Å². The zero-order chi connectivity index (χ0) is 21.7. The Morgan fingerprint density at radius 1 is 1.00 bits per heavy atom. The predicted octanol–water partition coefficient (Wildman–Crippen LogP) is 3.54. The van der Waals surface area contributed by atoms with E-state index >= 15 is 0 Å². The van der Waals surface area contributed by atoms with E-state index in [0.29, 0.717) is 25.1 Å². The van der Waals surface area contributed by atoms with E-state index in [0.717, 1.165) is 11.8 Å². The van der Waals surface area contributed by atoms with Crippen LogP contribution in [0.1, 0.15) is 37.5 Å². The van der Waals surface area contributed by atoms with Crippen molar-refractivity contribution in [1.82, 2.24) is 10.6 Å². The van der Waals surface area contributed by atoms with E-state index in [-0.39, 0.29) is 17.1 Å². The van der Waals surface area contributed by atoms with Crippen molar-refractivity contribution in [1.29, 1.82) is 0 Å². The first-order valence-electron chi connectivity index (χ1n) is 9.31. The van der Waals surface area contributed by atoms with Crippen LogP contribution in [0.2, 0.25) is 0 Å². The zero-order valence-electron chi connectivity index (χ0n) is 17.2. The van der Waals surface area contributed by atoms with E-state index in [9.17, 15) is 17.6 Å². The van der Waals surface area contributed by atoms with E-state index < -0.39 is 15.8 Å². The Kier molecular flexibility index (Phi) is 7.24. The highest BCUT2D eigenvalue weighted by atomic mass is 32.2. The molecule has 2 amide bonds. The average Bonchev–Trinajstić information content (AvgIpc) is 2.61. The number of benzene rings is 2. The van der Waals surface area contributed by atoms with Gasteiger partial charge in [0.15, 0.2) is 0 Å². The molecule has 0 aromatic heterocycles. The van der Waals surface area contributed by atoms with Gasteiger partial charge in [-0.15, -0.1) is 0 Å². The molecule has 0 aliphatic carbocycles. The maximum Gasteiger partial charge on any atom is 0.315 e. The number of amides is 2. The van der Waals surface area contributed by atoms with Crippen LogP contribution in [0.25, 0.3) is 0 Å². The maximum atomic E-state index is 14.0. The van der Waals surface area contributed by atoms with Crippen molar-refractivity contribution in [3.63, 3.8) is 0 Å². The quantitative estimate of drug-likeness (QED) is 0.639. The summed E-state index contributed by atoms with van der Waals surface area (Å²) in [5.41, 5.74) is 2.88. The topological polar surface area (TPSA) is 87.3 Å². The van der Waals surface area contributed by atoms with Crippen molar-refractivity contribution in [3.05, 3.63) is 65.0 Å². The van der Waals surface area contributed by atoms with Crippen LogP contribution in [0.15, 0.2) is 42.5 Å². The van der Waals surface area contributed by atoms with Crippen LogP contribution in [0, 0.1) is 5.82 Å². The van der Waals surface area contributed by atoms with Gasteiger partial charge in [0, 0.05) is 13.1 Å². The Morgan fingerprint density at radius 2 is 1.62 bits per heavy atom. The van der Waals surface area contributed by atoms with E-state index in [2.05, 4.69) is 48.3 Å². The van der Waals surface area contributed by atoms with Crippen LogP contribution >= 0.6 is 0 Å². The molecule has 0 heterocycles. The first-order chi connectivity index (χ1) is 13.4. The van der Waals surface area contributed by atoms with Gasteiger partial charge in [-0.25, -0.2) is 17.6 Å².